The molecule has 2 N–H and O–H groups in total. The molecule has 3 aliphatic rings. The van der Waals surface area contributed by atoms with Gasteiger partial charge in [-0.1, -0.05) is 12.2 Å². The molecule has 3 aliphatic heterocycles. The van der Waals surface area contributed by atoms with E-state index >= 15 is 0 Å². The summed E-state index contributed by atoms with van der Waals surface area (Å²) >= 11 is 5.18. The van der Waals surface area contributed by atoms with E-state index in [1.54, 1.807) is 0 Å². The molecular weight excluding hydrogens is 260 g/mol. The second kappa shape index (κ2) is 5.64. The maximum absolute atomic E-state index is 6.02. The third-order valence-electron chi connectivity index (χ3n) is 4.91. The summed E-state index contributed by atoms with van der Waals surface area (Å²) in [4.78, 5) is 3.28. The second-order valence-electron chi connectivity index (χ2n) is 6.22. The molecule has 4 nitrogen and oxygen atoms in total. The zero-order valence-corrected chi connectivity index (χ0v) is 12.3. The van der Waals surface area contributed by atoms with Crippen LogP contribution in [0.5, 0.6) is 0 Å². The van der Waals surface area contributed by atoms with Gasteiger partial charge in [-0.05, 0) is 32.2 Å². The number of likely N-dealkylation sites (tertiary alicyclic amines) is 1. The van der Waals surface area contributed by atoms with Gasteiger partial charge in [-0.25, -0.2) is 0 Å². The van der Waals surface area contributed by atoms with Gasteiger partial charge in [0.2, 0.25) is 0 Å². The Morgan fingerprint density at radius 3 is 2.95 bits per heavy atom. The molecule has 3 saturated heterocycles. The Balaban J connectivity index is 1.63. The van der Waals surface area contributed by atoms with Gasteiger partial charge in [0.05, 0.1) is 17.2 Å². The molecule has 0 radical (unpaired) electrons. The summed E-state index contributed by atoms with van der Waals surface area (Å²) in [5.41, 5.74) is 5.83. The Hall–Kier alpha value is -0.230. The average molecular weight is 284 g/mol. The van der Waals surface area contributed by atoms with Crippen LogP contribution in [0.2, 0.25) is 0 Å². The lowest BCUT2D eigenvalue weighted by molar-refractivity contribution is -0.109. The van der Waals surface area contributed by atoms with Gasteiger partial charge in [0.15, 0.2) is 0 Å². The first-order chi connectivity index (χ1) is 9.19. The maximum Gasteiger partial charge on any atom is 0.0951 e. The van der Waals surface area contributed by atoms with Gasteiger partial charge < -0.3 is 15.2 Å². The van der Waals surface area contributed by atoms with Gasteiger partial charge in [0, 0.05) is 38.1 Å². The summed E-state index contributed by atoms with van der Waals surface area (Å²) in [5.74, 6) is 0.405. The molecule has 1 spiro atoms. The van der Waals surface area contributed by atoms with Crippen molar-refractivity contribution in [2.75, 3.05) is 32.9 Å². The Bertz CT molecular complexity index is 344. The van der Waals surface area contributed by atoms with Crippen LogP contribution in [0.3, 0.4) is 0 Å². The number of hydrogen-bond donors (Lipinski definition) is 1. The van der Waals surface area contributed by atoms with E-state index in [-0.39, 0.29) is 5.60 Å². The van der Waals surface area contributed by atoms with Crippen LogP contribution in [0.25, 0.3) is 0 Å². The monoisotopic (exact) mass is 284 g/mol. The smallest absolute Gasteiger partial charge is 0.0951 e. The molecule has 0 aromatic carbocycles. The lowest BCUT2D eigenvalue weighted by atomic mass is 9.87. The lowest BCUT2D eigenvalue weighted by Gasteiger charge is -2.44. The van der Waals surface area contributed by atoms with Gasteiger partial charge in [-0.3, -0.25) is 4.90 Å². The van der Waals surface area contributed by atoms with E-state index in [1.165, 1.54) is 13.0 Å². The van der Waals surface area contributed by atoms with E-state index in [0.717, 1.165) is 52.0 Å². The van der Waals surface area contributed by atoms with Crippen molar-refractivity contribution >= 4 is 17.2 Å². The quantitative estimate of drug-likeness (QED) is 0.775. The molecule has 0 saturated carbocycles. The highest BCUT2D eigenvalue weighted by Crippen LogP contribution is 2.36. The van der Waals surface area contributed by atoms with Crippen LogP contribution in [0, 0.1) is 5.92 Å². The molecule has 0 aliphatic carbocycles. The number of thiocarbonyl (C=S) groups is 1. The molecule has 3 fully saturated rings. The molecule has 0 aromatic rings. The van der Waals surface area contributed by atoms with E-state index < -0.39 is 0 Å². The fraction of sp³-hybridized carbons (Fsp3) is 0.929. The van der Waals surface area contributed by atoms with E-state index in [2.05, 4.69) is 4.90 Å². The standard InChI is InChI=1S/C14H24N2O2S/c15-13(19)11-2-1-5-16(9-11)12-3-6-18-14(8-12)4-7-17-10-14/h11-12H,1-10H2,(H2,15,19). The molecule has 3 rings (SSSR count). The average Bonchev–Trinajstić information content (AvgIpc) is 2.87. The zero-order valence-electron chi connectivity index (χ0n) is 11.5. The Kier molecular flexibility index (Phi) is 4.08. The van der Waals surface area contributed by atoms with Crippen molar-refractivity contribution < 1.29 is 9.47 Å². The van der Waals surface area contributed by atoms with Crippen molar-refractivity contribution in [3.8, 4) is 0 Å². The normalized spacial score (nSPS) is 40.6. The highest BCUT2D eigenvalue weighted by molar-refractivity contribution is 7.80. The molecule has 3 heterocycles. The molecule has 108 valence electrons. The number of ether oxygens (including phenoxy) is 2. The van der Waals surface area contributed by atoms with Gasteiger partial charge >= 0.3 is 0 Å². The number of nitrogens with two attached hydrogens (primary N) is 1. The topological polar surface area (TPSA) is 47.7 Å². The summed E-state index contributed by atoms with van der Waals surface area (Å²) in [5, 5.41) is 0. The number of piperidine rings is 1. The molecule has 19 heavy (non-hydrogen) atoms. The van der Waals surface area contributed by atoms with Crippen molar-refractivity contribution in [1.82, 2.24) is 4.90 Å². The highest BCUT2D eigenvalue weighted by Gasteiger charge is 2.43. The van der Waals surface area contributed by atoms with Crippen LogP contribution in [-0.2, 0) is 9.47 Å². The van der Waals surface area contributed by atoms with E-state index in [0.29, 0.717) is 16.9 Å². The van der Waals surface area contributed by atoms with Crippen LogP contribution in [0.1, 0.15) is 32.1 Å². The van der Waals surface area contributed by atoms with Crippen LogP contribution >= 0.6 is 12.2 Å². The predicted molar refractivity (Wildman–Crippen MR) is 78.2 cm³/mol. The number of rotatable bonds is 2. The highest BCUT2D eigenvalue weighted by atomic mass is 32.1. The molecule has 5 heteroatoms. The third-order valence-corrected chi connectivity index (χ3v) is 5.24. The van der Waals surface area contributed by atoms with E-state index in [9.17, 15) is 0 Å². The fourth-order valence-electron chi connectivity index (χ4n) is 3.75. The summed E-state index contributed by atoms with van der Waals surface area (Å²) in [7, 11) is 0. The summed E-state index contributed by atoms with van der Waals surface area (Å²) < 4.78 is 11.6. The SMILES string of the molecule is NC(=S)C1CCCN(C2CCOC3(CCOC3)C2)C1. The predicted octanol–water partition coefficient (Wildman–Crippen LogP) is 1.32. The number of nitrogens with zero attached hydrogens (tertiary/aromatic N) is 1. The van der Waals surface area contributed by atoms with Crippen molar-refractivity contribution in [3.63, 3.8) is 0 Å². The third kappa shape index (κ3) is 2.94. The van der Waals surface area contributed by atoms with Crippen LogP contribution < -0.4 is 5.73 Å². The van der Waals surface area contributed by atoms with Crippen LogP contribution in [0.15, 0.2) is 0 Å². The van der Waals surface area contributed by atoms with Crippen molar-refractivity contribution in [2.24, 2.45) is 11.7 Å². The van der Waals surface area contributed by atoms with Gasteiger partial charge in [0.1, 0.15) is 0 Å². The summed E-state index contributed by atoms with van der Waals surface area (Å²) in [6, 6.07) is 0.618. The summed E-state index contributed by atoms with van der Waals surface area (Å²) in [6.07, 6.45) is 5.66. The first-order valence-electron chi connectivity index (χ1n) is 7.44. The first kappa shape index (κ1) is 13.7. The Morgan fingerprint density at radius 2 is 2.21 bits per heavy atom. The first-order valence-corrected chi connectivity index (χ1v) is 7.84. The van der Waals surface area contributed by atoms with E-state index in [4.69, 9.17) is 27.4 Å². The molecule has 0 aromatic heterocycles. The van der Waals surface area contributed by atoms with Crippen LogP contribution in [0.4, 0.5) is 0 Å². The molecule has 0 bridgehead atoms. The number of hydrogen-bond acceptors (Lipinski definition) is 4. The van der Waals surface area contributed by atoms with Crippen LogP contribution in [-0.4, -0.2) is 54.4 Å². The van der Waals surface area contributed by atoms with Gasteiger partial charge in [-0.2, -0.15) is 0 Å². The minimum absolute atomic E-state index is 0.000909. The molecular formula is C14H24N2O2S. The lowest BCUT2D eigenvalue weighted by Crippen LogP contribution is -2.52. The maximum atomic E-state index is 6.02. The fourth-order valence-corrected chi connectivity index (χ4v) is 3.94. The minimum Gasteiger partial charge on any atom is -0.393 e. The Morgan fingerprint density at radius 1 is 1.32 bits per heavy atom. The molecule has 3 atom stereocenters. The molecule has 3 unspecified atom stereocenters. The largest absolute Gasteiger partial charge is 0.393 e. The second-order valence-corrected chi connectivity index (χ2v) is 6.69. The Labute approximate surface area is 120 Å². The van der Waals surface area contributed by atoms with Gasteiger partial charge in [0.25, 0.3) is 0 Å². The van der Waals surface area contributed by atoms with E-state index in [1.807, 2.05) is 0 Å². The summed E-state index contributed by atoms with van der Waals surface area (Å²) in [6.45, 7) is 4.71. The van der Waals surface area contributed by atoms with Crippen molar-refractivity contribution in [1.29, 1.82) is 0 Å². The van der Waals surface area contributed by atoms with Gasteiger partial charge in [-0.15, -0.1) is 0 Å². The minimum atomic E-state index is -0.000909. The molecule has 0 amide bonds. The zero-order chi connectivity index (χ0) is 13.3. The van der Waals surface area contributed by atoms with Crippen molar-refractivity contribution in [3.05, 3.63) is 0 Å². The van der Waals surface area contributed by atoms with Crippen molar-refractivity contribution in [2.45, 2.75) is 43.7 Å².